The molecule has 3 nitrogen and oxygen atoms in total. The van der Waals surface area contributed by atoms with E-state index in [9.17, 15) is 4.79 Å². The molecule has 0 radical (unpaired) electrons. The number of hydrogen-bond acceptors (Lipinski definition) is 4. The highest BCUT2D eigenvalue weighted by molar-refractivity contribution is 7.98. The number of piperidine rings is 1. The van der Waals surface area contributed by atoms with E-state index >= 15 is 0 Å². The number of thiophene rings is 1. The van der Waals surface area contributed by atoms with Crippen LogP contribution in [0.25, 0.3) is 0 Å². The summed E-state index contributed by atoms with van der Waals surface area (Å²) in [6.45, 7) is 6.70. The zero-order valence-electron chi connectivity index (χ0n) is 19.1. The van der Waals surface area contributed by atoms with Crippen molar-refractivity contribution in [1.82, 2.24) is 4.90 Å². The summed E-state index contributed by atoms with van der Waals surface area (Å²) >= 11 is 3.48. The third-order valence-corrected chi connectivity index (χ3v) is 8.29. The summed E-state index contributed by atoms with van der Waals surface area (Å²) in [6, 6.07) is 20.9. The van der Waals surface area contributed by atoms with Crippen LogP contribution in [-0.2, 0) is 6.42 Å². The molecule has 1 aliphatic rings. The van der Waals surface area contributed by atoms with Crippen LogP contribution in [0.1, 0.15) is 59.1 Å². The van der Waals surface area contributed by atoms with E-state index in [4.69, 9.17) is 0 Å². The molecule has 0 unspecified atom stereocenters. The van der Waals surface area contributed by atoms with Crippen LogP contribution in [0.15, 0.2) is 65.6 Å². The number of anilines is 1. The minimum Gasteiger partial charge on any atom is -0.313 e. The average molecular weight is 465 g/mol. The molecule has 0 saturated carbocycles. The molecule has 1 aliphatic heterocycles. The van der Waals surface area contributed by atoms with Crippen molar-refractivity contribution in [2.75, 3.05) is 24.7 Å². The molecule has 0 spiro atoms. The number of aryl methyl sites for hydroxylation is 1. The minimum absolute atomic E-state index is 0.0416. The van der Waals surface area contributed by atoms with E-state index in [-0.39, 0.29) is 11.9 Å². The number of rotatable bonds is 7. The second-order valence-electron chi connectivity index (χ2n) is 8.57. The van der Waals surface area contributed by atoms with Gasteiger partial charge in [0.2, 0.25) is 0 Å². The Morgan fingerprint density at radius 2 is 1.81 bits per heavy atom. The fourth-order valence-corrected chi connectivity index (χ4v) is 5.79. The summed E-state index contributed by atoms with van der Waals surface area (Å²) in [6.07, 6.45) is 5.52. The van der Waals surface area contributed by atoms with E-state index in [1.807, 2.05) is 30.3 Å². The first kappa shape index (κ1) is 23.1. The summed E-state index contributed by atoms with van der Waals surface area (Å²) in [4.78, 5) is 18.2. The SMILES string of the molecule is CCc1cc([C@H](c2ccc(SC)cc2)N2CCC(C)CC2)c(NC(=O)c2ccccc2)s1. The fourth-order valence-electron chi connectivity index (χ4n) is 4.36. The Morgan fingerprint density at radius 3 is 2.44 bits per heavy atom. The zero-order chi connectivity index (χ0) is 22.5. The molecule has 1 fully saturated rings. The van der Waals surface area contributed by atoms with Gasteiger partial charge in [0.15, 0.2) is 0 Å². The highest BCUT2D eigenvalue weighted by Crippen LogP contribution is 2.41. The van der Waals surface area contributed by atoms with Crippen molar-refractivity contribution < 1.29 is 4.79 Å². The average Bonchev–Trinajstić information content (AvgIpc) is 3.23. The summed E-state index contributed by atoms with van der Waals surface area (Å²) in [5.41, 5.74) is 3.22. The van der Waals surface area contributed by atoms with Crippen molar-refractivity contribution in [3.05, 3.63) is 82.2 Å². The summed E-state index contributed by atoms with van der Waals surface area (Å²) < 4.78 is 0. The fraction of sp³-hybridized carbons (Fsp3) is 0.370. The van der Waals surface area contributed by atoms with Crippen molar-refractivity contribution in [3.8, 4) is 0 Å². The van der Waals surface area contributed by atoms with Crippen LogP contribution in [0, 0.1) is 5.92 Å². The molecule has 2 heterocycles. The molecule has 3 aromatic rings. The quantitative estimate of drug-likeness (QED) is 0.378. The van der Waals surface area contributed by atoms with Gasteiger partial charge in [-0.25, -0.2) is 0 Å². The van der Waals surface area contributed by atoms with Crippen LogP contribution >= 0.6 is 23.1 Å². The molecule has 5 heteroatoms. The molecule has 0 aliphatic carbocycles. The Bertz CT molecular complexity index is 1020. The maximum absolute atomic E-state index is 13.0. The molecule has 2 aromatic carbocycles. The lowest BCUT2D eigenvalue weighted by Gasteiger charge is -2.37. The summed E-state index contributed by atoms with van der Waals surface area (Å²) in [7, 11) is 0. The third kappa shape index (κ3) is 5.28. The predicted octanol–water partition coefficient (Wildman–Crippen LogP) is 7.11. The van der Waals surface area contributed by atoms with Gasteiger partial charge in [-0.15, -0.1) is 23.1 Å². The lowest BCUT2D eigenvalue weighted by molar-refractivity contribution is 0.102. The Kier molecular flexibility index (Phi) is 7.71. The van der Waals surface area contributed by atoms with Crippen molar-refractivity contribution in [2.45, 2.75) is 44.0 Å². The van der Waals surface area contributed by atoms with E-state index in [2.05, 4.69) is 60.7 Å². The van der Waals surface area contributed by atoms with Gasteiger partial charge in [0.05, 0.1) is 6.04 Å². The first-order valence-electron chi connectivity index (χ1n) is 11.5. The number of hydrogen-bond donors (Lipinski definition) is 1. The van der Waals surface area contributed by atoms with Crippen molar-refractivity contribution >= 4 is 34.0 Å². The predicted molar refractivity (Wildman–Crippen MR) is 138 cm³/mol. The molecule has 32 heavy (non-hydrogen) atoms. The van der Waals surface area contributed by atoms with Crippen molar-refractivity contribution in [3.63, 3.8) is 0 Å². The second kappa shape index (κ2) is 10.7. The van der Waals surface area contributed by atoms with Crippen LogP contribution in [0.5, 0.6) is 0 Å². The maximum Gasteiger partial charge on any atom is 0.256 e. The molecule has 168 valence electrons. The first-order chi connectivity index (χ1) is 15.6. The number of carbonyl (C=O) groups excluding carboxylic acids is 1. The van der Waals surface area contributed by atoms with Gasteiger partial charge in [-0.3, -0.25) is 9.69 Å². The Balaban J connectivity index is 1.72. The first-order valence-corrected chi connectivity index (χ1v) is 13.5. The normalized spacial score (nSPS) is 16.1. The van der Waals surface area contributed by atoms with Crippen LogP contribution in [0.4, 0.5) is 5.00 Å². The summed E-state index contributed by atoms with van der Waals surface area (Å²) in [5.74, 6) is 0.733. The molecule has 1 saturated heterocycles. The molecule has 1 N–H and O–H groups in total. The molecule has 0 bridgehead atoms. The van der Waals surface area contributed by atoms with Gasteiger partial charge < -0.3 is 5.32 Å². The molecule has 1 amide bonds. The third-order valence-electron chi connectivity index (χ3n) is 6.33. The highest BCUT2D eigenvalue weighted by Gasteiger charge is 2.29. The van der Waals surface area contributed by atoms with E-state index in [0.717, 1.165) is 30.4 Å². The van der Waals surface area contributed by atoms with Gasteiger partial charge in [0.1, 0.15) is 5.00 Å². The monoisotopic (exact) mass is 464 g/mol. The number of amides is 1. The van der Waals surface area contributed by atoms with Gasteiger partial charge in [-0.05, 0) is 80.4 Å². The van der Waals surface area contributed by atoms with Crippen LogP contribution in [-0.4, -0.2) is 30.2 Å². The largest absolute Gasteiger partial charge is 0.313 e. The van der Waals surface area contributed by atoms with E-state index < -0.39 is 0 Å². The van der Waals surface area contributed by atoms with Crippen molar-refractivity contribution in [2.24, 2.45) is 5.92 Å². The van der Waals surface area contributed by atoms with Gasteiger partial charge >= 0.3 is 0 Å². The number of carbonyl (C=O) groups is 1. The zero-order valence-corrected chi connectivity index (χ0v) is 20.8. The molecular weight excluding hydrogens is 432 g/mol. The van der Waals surface area contributed by atoms with Crippen LogP contribution in [0.2, 0.25) is 0 Å². The number of thioether (sulfide) groups is 1. The van der Waals surface area contributed by atoms with Crippen molar-refractivity contribution in [1.29, 1.82) is 0 Å². The Morgan fingerprint density at radius 1 is 1.12 bits per heavy atom. The standard InChI is InChI=1S/C27H32N2OS2/c1-4-22-18-24(27(32-22)28-26(30)21-8-6-5-7-9-21)25(29-16-14-19(2)15-17-29)20-10-12-23(31-3)13-11-20/h5-13,18-19,25H,4,14-17H2,1-3H3,(H,28,30)/t25-/m0/s1. The Hall–Kier alpha value is -2.08. The maximum atomic E-state index is 13.0. The van der Waals surface area contributed by atoms with Gasteiger partial charge in [0.25, 0.3) is 5.91 Å². The van der Waals surface area contributed by atoms with Gasteiger partial charge in [-0.2, -0.15) is 0 Å². The molecule has 4 rings (SSSR count). The number of benzene rings is 2. The highest BCUT2D eigenvalue weighted by atomic mass is 32.2. The lowest BCUT2D eigenvalue weighted by Crippen LogP contribution is -2.37. The van der Waals surface area contributed by atoms with Crippen LogP contribution < -0.4 is 5.32 Å². The van der Waals surface area contributed by atoms with Gasteiger partial charge in [0, 0.05) is 20.9 Å². The number of likely N-dealkylation sites (tertiary alicyclic amines) is 1. The topological polar surface area (TPSA) is 32.3 Å². The van der Waals surface area contributed by atoms with E-state index in [1.165, 1.54) is 33.7 Å². The molecule has 1 aromatic heterocycles. The number of nitrogens with zero attached hydrogens (tertiary/aromatic N) is 1. The minimum atomic E-state index is -0.0416. The summed E-state index contributed by atoms with van der Waals surface area (Å²) in [5, 5.41) is 4.23. The smallest absolute Gasteiger partial charge is 0.256 e. The molecule has 1 atom stereocenters. The number of nitrogens with one attached hydrogen (secondary N) is 1. The van der Waals surface area contributed by atoms with Gasteiger partial charge in [-0.1, -0.05) is 44.2 Å². The lowest BCUT2D eigenvalue weighted by atomic mass is 9.92. The molecular formula is C27H32N2OS2. The van der Waals surface area contributed by atoms with Crippen LogP contribution in [0.3, 0.4) is 0 Å². The van der Waals surface area contributed by atoms with E-state index in [1.54, 1.807) is 23.1 Å². The Labute approximate surface area is 200 Å². The van der Waals surface area contributed by atoms with E-state index in [0.29, 0.717) is 5.56 Å². The second-order valence-corrected chi connectivity index (χ2v) is 10.6.